The summed E-state index contributed by atoms with van der Waals surface area (Å²) in [5, 5.41) is 0. The molecule has 3 rings (SSSR count). The Morgan fingerprint density at radius 3 is 2.42 bits per heavy atom. The van der Waals surface area contributed by atoms with Crippen LogP contribution in [0.4, 0.5) is 0 Å². The van der Waals surface area contributed by atoms with Crippen molar-refractivity contribution in [2.45, 2.75) is 33.2 Å². The summed E-state index contributed by atoms with van der Waals surface area (Å²) >= 11 is 0. The van der Waals surface area contributed by atoms with Crippen molar-refractivity contribution in [3.8, 4) is 11.5 Å². The summed E-state index contributed by atoms with van der Waals surface area (Å²) < 4.78 is 13.3. The fourth-order valence-corrected chi connectivity index (χ4v) is 3.08. The number of benzene rings is 2. The first-order chi connectivity index (χ1) is 12.6. The predicted molar refractivity (Wildman–Crippen MR) is 105 cm³/mol. The number of ether oxygens (including phenoxy) is 2. The lowest BCUT2D eigenvalue weighted by atomic mass is 10.1. The van der Waals surface area contributed by atoms with Crippen molar-refractivity contribution in [2.75, 3.05) is 20.3 Å². The van der Waals surface area contributed by atoms with Gasteiger partial charge in [-0.3, -0.25) is 0 Å². The van der Waals surface area contributed by atoms with Crippen LogP contribution in [0.1, 0.15) is 23.4 Å². The summed E-state index contributed by atoms with van der Waals surface area (Å²) in [6.07, 6.45) is 1.69. The highest BCUT2D eigenvalue weighted by molar-refractivity contribution is 5.78. The Bertz CT molecular complexity index is 869. The number of methoxy groups -OCH3 is 1. The van der Waals surface area contributed by atoms with Gasteiger partial charge in [0.1, 0.15) is 17.3 Å². The lowest BCUT2D eigenvalue weighted by Crippen LogP contribution is -2.12. The molecule has 0 aliphatic rings. The van der Waals surface area contributed by atoms with Crippen molar-refractivity contribution < 1.29 is 9.47 Å². The van der Waals surface area contributed by atoms with Crippen LogP contribution in [0.5, 0.6) is 11.5 Å². The van der Waals surface area contributed by atoms with E-state index in [2.05, 4.69) is 30.5 Å². The van der Waals surface area contributed by atoms with Crippen LogP contribution in [0.25, 0.3) is 11.0 Å². The number of nitrogens with two attached hydrogens (primary N) is 1. The van der Waals surface area contributed by atoms with Crippen molar-refractivity contribution in [2.24, 2.45) is 5.73 Å². The predicted octanol–water partition coefficient (Wildman–Crippen LogP) is 3.63. The first kappa shape index (κ1) is 18.3. The number of nitrogens with zero attached hydrogens (tertiary/aromatic N) is 2. The summed E-state index contributed by atoms with van der Waals surface area (Å²) in [7, 11) is 1.66. The Morgan fingerprint density at radius 2 is 1.73 bits per heavy atom. The standard InChI is InChI=1S/C21H27N3O2/c1-15-13-19-20(14-16(15)2)24(21(23-19)9-10-22)11-4-12-26-18-7-5-17(25-3)6-8-18/h5-8,13-14H,4,9-12,22H2,1-3H3. The number of aromatic nitrogens is 2. The molecule has 0 saturated heterocycles. The van der Waals surface area contributed by atoms with Gasteiger partial charge in [0, 0.05) is 13.0 Å². The zero-order valence-corrected chi connectivity index (χ0v) is 15.8. The molecule has 5 nitrogen and oxygen atoms in total. The molecular weight excluding hydrogens is 326 g/mol. The fourth-order valence-electron chi connectivity index (χ4n) is 3.08. The molecule has 26 heavy (non-hydrogen) atoms. The highest BCUT2D eigenvalue weighted by Gasteiger charge is 2.11. The second-order valence-electron chi connectivity index (χ2n) is 6.52. The SMILES string of the molecule is COc1ccc(OCCCn2c(CCN)nc3cc(C)c(C)cc32)cc1. The van der Waals surface area contributed by atoms with E-state index in [0.717, 1.165) is 42.2 Å². The Hall–Kier alpha value is -2.53. The monoisotopic (exact) mass is 353 g/mol. The summed E-state index contributed by atoms with van der Waals surface area (Å²) in [5.41, 5.74) is 10.6. The molecule has 0 atom stereocenters. The van der Waals surface area contributed by atoms with E-state index in [1.54, 1.807) is 7.11 Å². The molecule has 0 aliphatic carbocycles. The Balaban J connectivity index is 1.68. The van der Waals surface area contributed by atoms with Gasteiger partial charge in [0.2, 0.25) is 0 Å². The maximum Gasteiger partial charge on any atom is 0.119 e. The van der Waals surface area contributed by atoms with Gasteiger partial charge in [-0.1, -0.05) is 0 Å². The van der Waals surface area contributed by atoms with Crippen molar-refractivity contribution in [3.63, 3.8) is 0 Å². The van der Waals surface area contributed by atoms with E-state index in [4.69, 9.17) is 20.2 Å². The van der Waals surface area contributed by atoms with E-state index < -0.39 is 0 Å². The highest BCUT2D eigenvalue weighted by atomic mass is 16.5. The molecule has 0 amide bonds. The molecule has 0 fully saturated rings. The van der Waals surface area contributed by atoms with Crippen LogP contribution in [0.3, 0.4) is 0 Å². The molecule has 0 aliphatic heterocycles. The Morgan fingerprint density at radius 1 is 1.04 bits per heavy atom. The molecule has 0 radical (unpaired) electrons. The molecule has 0 spiro atoms. The third-order valence-corrected chi connectivity index (χ3v) is 4.66. The van der Waals surface area contributed by atoms with Crippen molar-refractivity contribution in [3.05, 3.63) is 53.3 Å². The molecule has 3 aromatic rings. The lowest BCUT2D eigenvalue weighted by Gasteiger charge is -2.11. The number of imidazole rings is 1. The average molecular weight is 353 g/mol. The Kier molecular flexibility index (Phi) is 5.78. The van der Waals surface area contributed by atoms with Gasteiger partial charge >= 0.3 is 0 Å². The van der Waals surface area contributed by atoms with E-state index >= 15 is 0 Å². The van der Waals surface area contributed by atoms with Crippen molar-refractivity contribution >= 4 is 11.0 Å². The van der Waals surface area contributed by atoms with Gasteiger partial charge in [0.25, 0.3) is 0 Å². The molecule has 1 heterocycles. The van der Waals surface area contributed by atoms with E-state index in [1.165, 1.54) is 16.6 Å². The molecule has 2 N–H and O–H groups in total. The quantitative estimate of drug-likeness (QED) is 0.628. The average Bonchev–Trinajstić information content (AvgIpc) is 2.96. The van der Waals surface area contributed by atoms with Crippen LogP contribution in [0.15, 0.2) is 36.4 Å². The van der Waals surface area contributed by atoms with Crippen molar-refractivity contribution in [1.82, 2.24) is 9.55 Å². The molecule has 138 valence electrons. The molecule has 0 bridgehead atoms. The van der Waals surface area contributed by atoms with Crippen molar-refractivity contribution in [1.29, 1.82) is 0 Å². The first-order valence-corrected chi connectivity index (χ1v) is 9.05. The van der Waals surface area contributed by atoms with E-state index in [9.17, 15) is 0 Å². The maximum absolute atomic E-state index is 5.84. The summed E-state index contributed by atoms with van der Waals surface area (Å²) in [6.45, 7) is 6.38. The van der Waals surface area contributed by atoms with Crippen LogP contribution < -0.4 is 15.2 Å². The van der Waals surface area contributed by atoms with Gasteiger partial charge in [-0.25, -0.2) is 4.98 Å². The van der Waals surface area contributed by atoms with Crippen LogP contribution >= 0.6 is 0 Å². The van der Waals surface area contributed by atoms with Gasteiger partial charge in [-0.2, -0.15) is 0 Å². The molecule has 1 aromatic heterocycles. The zero-order valence-electron chi connectivity index (χ0n) is 15.8. The molecule has 0 saturated carbocycles. The van der Waals surface area contributed by atoms with E-state index in [0.29, 0.717) is 13.2 Å². The molecule has 2 aromatic carbocycles. The first-order valence-electron chi connectivity index (χ1n) is 9.05. The third kappa shape index (κ3) is 3.99. The molecule has 5 heteroatoms. The Labute approximate surface area is 154 Å². The smallest absolute Gasteiger partial charge is 0.119 e. The largest absolute Gasteiger partial charge is 0.497 e. The number of rotatable bonds is 8. The van der Waals surface area contributed by atoms with E-state index in [1.807, 2.05) is 24.3 Å². The second-order valence-corrected chi connectivity index (χ2v) is 6.52. The van der Waals surface area contributed by atoms with Crippen LogP contribution in [-0.4, -0.2) is 29.8 Å². The highest BCUT2D eigenvalue weighted by Crippen LogP contribution is 2.22. The third-order valence-electron chi connectivity index (χ3n) is 4.66. The minimum Gasteiger partial charge on any atom is -0.497 e. The number of fused-ring (bicyclic) bond motifs is 1. The minimum atomic E-state index is 0.601. The van der Waals surface area contributed by atoms with Crippen LogP contribution in [-0.2, 0) is 13.0 Å². The number of hydrogen-bond donors (Lipinski definition) is 1. The summed E-state index contributed by atoms with van der Waals surface area (Å²) in [6, 6.07) is 12.1. The van der Waals surface area contributed by atoms with Crippen LogP contribution in [0, 0.1) is 13.8 Å². The lowest BCUT2D eigenvalue weighted by molar-refractivity contribution is 0.301. The summed E-state index contributed by atoms with van der Waals surface area (Å²) in [5.74, 6) is 2.74. The van der Waals surface area contributed by atoms with Gasteiger partial charge in [0.15, 0.2) is 0 Å². The fraction of sp³-hybridized carbons (Fsp3) is 0.381. The summed E-state index contributed by atoms with van der Waals surface area (Å²) in [4.78, 5) is 4.79. The number of aryl methyl sites for hydroxylation is 3. The van der Waals surface area contributed by atoms with E-state index in [-0.39, 0.29) is 0 Å². The molecular formula is C21H27N3O2. The van der Waals surface area contributed by atoms with Crippen LogP contribution in [0.2, 0.25) is 0 Å². The van der Waals surface area contributed by atoms with Gasteiger partial charge in [-0.15, -0.1) is 0 Å². The molecule has 0 unspecified atom stereocenters. The normalized spacial score (nSPS) is 11.1. The zero-order chi connectivity index (χ0) is 18.5. The second kappa shape index (κ2) is 8.23. The van der Waals surface area contributed by atoms with Gasteiger partial charge in [-0.05, 0) is 74.3 Å². The maximum atomic E-state index is 5.84. The topological polar surface area (TPSA) is 62.3 Å². The number of hydrogen-bond acceptors (Lipinski definition) is 4. The minimum absolute atomic E-state index is 0.601. The van der Waals surface area contributed by atoms with Gasteiger partial charge in [0.05, 0.1) is 24.8 Å². The van der Waals surface area contributed by atoms with Gasteiger partial charge < -0.3 is 19.8 Å².